The van der Waals surface area contributed by atoms with Crippen molar-refractivity contribution in [1.29, 1.82) is 0 Å². The number of carbonyl (C=O) groups excluding carboxylic acids is 1. The van der Waals surface area contributed by atoms with Gasteiger partial charge in [-0.05, 0) is 84.3 Å². The summed E-state index contributed by atoms with van der Waals surface area (Å²) in [5.74, 6) is -1.10. The van der Waals surface area contributed by atoms with Crippen LogP contribution < -0.4 is 0 Å². The molecular weight excluding hydrogens is 474 g/mol. The van der Waals surface area contributed by atoms with Crippen molar-refractivity contribution in [3.8, 4) is 11.1 Å². The molecule has 0 radical (unpaired) electrons. The van der Waals surface area contributed by atoms with Gasteiger partial charge >= 0.3 is 0 Å². The summed E-state index contributed by atoms with van der Waals surface area (Å²) < 4.78 is 29.4. The third kappa shape index (κ3) is 4.66. The van der Waals surface area contributed by atoms with Gasteiger partial charge in [-0.3, -0.25) is 9.78 Å². The van der Waals surface area contributed by atoms with E-state index in [1.807, 2.05) is 17.0 Å². The number of amides is 1. The summed E-state index contributed by atoms with van der Waals surface area (Å²) in [4.78, 5) is 20.6. The number of fused-ring (bicyclic) bond motifs is 1. The predicted octanol–water partition coefficient (Wildman–Crippen LogP) is 8.09. The molecule has 0 bridgehead atoms. The largest absolute Gasteiger partial charge is 0.331 e. The van der Waals surface area contributed by atoms with Gasteiger partial charge in [0.2, 0.25) is 0 Å². The van der Waals surface area contributed by atoms with Gasteiger partial charge in [0.15, 0.2) is 0 Å². The van der Waals surface area contributed by atoms with E-state index in [0.29, 0.717) is 17.0 Å². The van der Waals surface area contributed by atoms with Crippen LogP contribution in [0.1, 0.15) is 65.4 Å². The number of benzene rings is 2. The van der Waals surface area contributed by atoms with Crippen LogP contribution in [0.2, 0.25) is 0 Å². The van der Waals surface area contributed by atoms with Gasteiger partial charge in [-0.15, -0.1) is 11.3 Å². The van der Waals surface area contributed by atoms with Gasteiger partial charge in [-0.2, -0.15) is 0 Å². The SMILES string of the molecule is CCc1ccc(-c2ccncc2)cc1CN(C(=O)c1sc2c(F)ccc(F)c2c1C)C1CCCCC1. The zero-order chi connectivity index (χ0) is 25.2. The Bertz CT molecular complexity index is 1390. The molecule has 5 rings (SSSR count). The molecule has 1 fully saturated rings. The van der Waals surface area contributed by atoms with Crippen molar-refractivity contribution >= 4 is 27.3 Å². The van der Waals surface area contributed by atoms with Gasteiger partial charge in [0.05, 0.1) is 9.58 Å². The minimum Gasteiger partial charge on any atom is -0.331 e. The lowest BCUT2D eigenvalue weighted by Crippen LogP contribution is -2.41. The van der Waals surface area contributed by atoms with Crippen LogP contribution in [0.15, 0.2) is 54.9 Å². The molecule has 186 valence electrons. The first-order valence-corrected chi connectivity index (χ1v) is 13.5. The summed E-state index contributed by atoms with van der Waals surface area (Å²) in [5.41, 5.74) is 5.01. The number of hydrogen-bond acceptors (Lipinski definition) is 3. The first-order valence-electron chi connectivity index (χ1n) is 12.7. The van der Waals surface area contributed by atoms with Gasteiger partial charge in [0.25, 0.3) is 5.91 Å². The van der Waals surface area contributed by atoms with Gasteiger partial charge in [-0.25, -0.2) is 8.78 Å². The van der Waals surface area contributed by atoms with Crippen LogP contribution in [0.5, 0.6) is 0 Å². The van der Waals surface area contributed by atoms with E-state index in [2.05, 4.69) is 30.1 Å². The maximum absolute atomic E-state index is 14.6. The van der Waals surface area contributed by atoms with Crippen molar-refractivity contribution in [2.24, 2.45) is 0 Å². The number of carbonyl (C=O) groups is 1. The fourth-order valence-electron chi connectivity index (χ4n) is 5.39. The quantitative estimate of drug-likeness (QED) is 0.266. The molecule has 0 N–H and O–H groups in total. The second kappa shape index (κ2) is 10.5. The Labute approximate surface area is 214 Å². The molecule has 2 heterocycles. The molecular formula is C30H30F2N2OS. The fourth-order valence-corrected chi connectivity index (χ4v) is 6.58. The first-order chi connectivity index (χ1) is 17.5. The summed E-state index contributed by atoms with van der Waals surface area (Å²) in [6.45, 7) is 4.33. The molecule has 1 saturated carbocycles. The first kappa shape index (κ1) is 24.6. The van der Waals surface area contributed by atoms with E-state index in [1.165, 1.54) is 12.0 Å². The fraction of sp³-hybridized carbons (Fsp3) is 0.333. The second-order valence-corrected chi connectivity index (χ2v) is 10.6. The lowest BCUT2D eigenvalue weighted by molar-refractivity contribution is 0.0618. The van der Waals surface area contributed by atoms with Crippen molar-refractivity contribution in [1.82, 2.24) is 9.88 Å². The molecule has 1 aliphatic carbocycles. The highest BCUT2D eigenvalue weighted by atomic mass is 32.1. The topological polar surface area (TPSA) is 33.2 Å². The van der Waals surface area contributed by atoms with Gasteiger partial charge in [0.1, 0.15) is 11.6 Å². The number of nitrogens with zero attached hydrogens (tertiary/aromatic N) is 2. The zero-order valence-corrected chi connectivity index (χ0v) is 21.5. The van der Waals surface area contributed by atoms with Crippen molar-refractivity contribution in [3.05, 3.63) is 88.1 Å². The minimum atomic E-state index is -0.485. The predicted molar refractivity (Wildman–Crippen MR) is 142 cm³/mol. The normalized spacial score (nSPS) is 14.3. The summed E-state index contributed by atoms with van der Waals surface area (Å²) in [6.07, 6.45) is 9.66. The highest BCUT2D eigenvalue weighted by Gasteiger charge is 2.30. The van der Waals surface area contributed by atoms with Crippen LogP contribution in [0.3, 0.4) is 0 Å². The van der Waals surface area contributed by atoms with Gasteiger partial charge in [0, 0.05) is 30.4 Å². The van der Waals surface area contributed by atoms with Gasteiger partial charge < -0.3 is 4.90 Å². The van der Waals surface area contributed by atoms with Crippen LogP contribution in [0.25, 0.3) is 21.2 Å². The maximum atomic E-state index is 14.6. The maximum Gasteiger partial charge on any atom is 0.264 e. The zero-order valence-electron chi connectivity index (χ0n) is 20.7. The van der Waals surface area contributed by atoms with Gasteiger partial charge in [-0.1, -0.05) is 38.3 Å². The molecule has 0 aliphatic heterocycles. The molecule has 2 aromatic heterocycles. The van der Waals surface area contributed by atoms with Crippen LogP contribution in [-0.2, 0) is 13.0 Å². The minimum absolute atomic E-state index is 0.111. The highest BCUT2D eigenvalue weighted by Crippen LogP contribution is 2.37. The number of halogens is 2. The Kier molecular flexibility index (Phi) is 7.15. The second-order valence-electron chi connectivity index (χ2n) is 9.59. The van der Waals surface area contributed by atoms with Crippen LogP contribution in [0.4, 0.5) is 8.78 Å². The average molecular weight is 505 g/mol. The van der Waals surface area contributed by atoms with E-state index in [4.69, 9.17) is 0 Å². The van der Waals surface area contributed by atoms with Crippen LogP contribution >= 0.6 is 11.3 Å². The number of pyridine rings is 1. The standard InChI is InChI=1S/C30H30F2N2OS/c1-3-20-9-10-22(21-13-15-33-16-14-21)17-23(20)18-34(24-7-5-4-6-8-24)30(35)28-19(2)27-25(31)11-12-26(32)29(27)36-28/h9-17,24H,3-8,18H2,1-2H3. The summed E-state index contributed by atoms with van der Waals surface area (Å²) >= 11 is 1.07. The third-order valence-electron chi connectivity index (χ3n) is 7.39. The van der Waals surface area contributed by atoms with Crippen LogP contribution in [-0.4, -0.2) is 21.8 Å². The van der Waals surface area contributed by atoms with E-state index in [0.717, 1.165) is 72.3 Å². The summed E-state index contributed by atoms with van der Waals surface area (Å²) in [7, 11) is 0. The molecule has 0 atom stereocenters. The number of rotatable bonds is 6. The average Bonchev–Trinajstić information content (AvgIpc) is 3.28. The van der Waals surface area contributed by atoms with E-state index in [-0.39, 0.29) is 22.0 Å². The molecule has 0 spiro atoms. The van der Waals surface area contributed by atoms with E-state index < -0.39 is 11.6 Å². The summed E-state index contributed by atoms with van der Waals surface area (Å²) in [6, 6.07) is 12.8. The third-order valence-corrected chi connectivity index (χ3v) is 8.68. The highest BCUT2D eigenvalue weighted by molar-refractivity contribution is 7.21. The Morgan fingerprint density at radius 2 is 1.69 bits per heavy atom. The summed E-state index contributed by atoms with van der Waals surface area (Å²) in [5, 5.41) is 0.223. The number of thiophene rings is 1. The molecule has 0 saturated heterocycles. The van der Waals surface area contributed by atoms with Crippen molar-refractivity contribution in [2.75, 3.05) is 0 Å². The number of hydrogen-bond donors (Lipinski definition) is 0. The van der Waals surface area contributed by atoms with E-state index in [9.17, 15) is 13.6 Å². The molecule has 2 aromatic carbocycles. The lowest BCUT2D eigenvalue weighted by atomic mass is 9.92. The Balaban J connectivity index is 1.57. The Hall–Kier alpha value is -3.12. The molecule has 36 heavy (non-hydrogen) atoms. The van der Waals surface area contributed by atoms with Crippen molar-refractivity contribution < 1.29 is 13.6 Å². The Morgan fingerprint density at radius 1 is 0.972 bits per heavy atom. The van der Waals surface area contributed by atoms with Crippen molar-refractivity contribution in [3.63, 3.8) is 0 Å². The van der Waals surface area contributed by atoms with Crippen LogP contribution in [0, 0.1) is 18.6 Å². The molecule has 1 aliphatic rings. The molecule has 0 unspecified atom stereocenters. The molecule has 4 aromatic rings. The van der Waals surface area contributed by atoms with E-state index in [1.54, 1.807) is 19.3 Å². The van der Waals surface area contributed by atoms with Crippen molar-refractivity contribution in [2.45, 2.75) is 65.0 Å². The van der Waals surface area contributed by atoms with E-state index >= 15 is 0 Å². The number of aromatic nitrogens is 1. The Morgan fingerprint density at radius 3 is 2.39 bits per heavy atom. The molecule has 3 nitrogen and oxygen atoms in total. The monoisotopic (exact) mass is 504 g/mol. The molecule has 6 heteroatoms. The lowest BCUT2D eigenvalue weighted by Gasteiger charge is -2.35. The number of aryl methyl sites for hydroxylation is 2. The smallest absolute Gasteiger partial charge is 0.264 e. The molecule has 1 amide bonds.